The third-order valence-corrected chi connectivity index (χ3v) is 7.09. The van der Waals surface area contributed by atoms with E-state index in [-0.39, 0.29) is 17.7 Å². The summed E-state index contributed by atoms with van der Waals surface area (Å²) < 4.78 is 5.30. The average Bonchev–Trinajstić information content (AvgIpc) is 3.01. The van der Waals surface area contributed by atoms with Gasteiger partial charge in [-0.1, -0.05) is 36.4 Å². The van der Waals surface area contributed by atoms with E-state index in [2.05, 4.69) is 65.4 Å². The van der Waals surface area contributed by atoms with Crippen molar-refractivity contribution < 1.29 is 9.53 Å². The maximum absolute atomic E-state index is 13.6. The number of nitrogens with one attached hydrogen (secondary N) is 2. The molecule has 5 heteroatoms. The summed E-state index contributed by atoms with van der Waals surface area (Å²) in [6, 6.07) is 24.6. The maximum atomic E-state index is 13.6. The summed E-state index contributed by atoms with van der Waals surface area (Å²) in [7, 11) is 1.67. The highest BCUT2D eigenvalue weighted by atomic mass is 32.2. The molecule has 0 saturated heterocycles. The van der Waals surface area contributed by atoms with E-state index in [1.807, 2.05) is 24.3 Å². The van der Waals surface area contributed by atoms with E-state index in [4.69, 9.17) is 4.74 Å². The quantitative estimate of drug-likeness (QED) is 0.458. The van der Waals surface area contributed by atoms with Crippen LogP contribution in [0.15, 0.2) is 89.0 Å². The summed E-state index contributed by atoms with van der Waals surface area (Å²) in [5.41, 5.74) is 6.14. The number of hydrogen-bond donors (Lipinski definition) is 2. The molecule has 4 nitrogen and oxygen atoms in total. The molecule has 0 fully saturated rings. The lowest BCUT2D eigenvalue weighted by Crippen LogP contribution is -2.26. The molecule has 1 aliphatic carbocycles. The van der Waals surface area contributed by atoms with Crippen LogP contribution in [0.2, 0.25) is 0 Å². The molecule has 2 unspecified atom stereocenters. The Kier molecular flexibility index (Phi) is 5.66. The first kappa shape index (κ1) is 20.7. The van der Waals surface area contributed by atoms with E-state index in [0.717, 1.165) is 40.4 Å². The first-order valence-corrected chi connectivity index (χ1v) is 12.1. The van der Waals surface area contributed by atoms with Crippen molar-refractivity contribution in [3.63, 3.8) is 0 Å². The van der Waals surface area contributed by atoms with Crippen molar-refractivity contribution in [2.45, 2.75) is 29.7 Å². The number of methoxy groups -OCH3 is 1. The Morgan fingerprint density at radius 2 is 1.56 bits per heavy atom. The van der Waals surface area contributed by atoms with Gasteiger partial charge in [0.2, 0.25) is 0 Å². The van der Waals surface area contributed by atoms with Gasteiger partial charge in [0.05, 0.1) is 24.5 Å². The largest absolute Gasteiger partial charge is 0.497 e. The lowest BCUT2D eigenvalue weighted by atomic mass is 9.78. The third kappa shape index (κ3) is 3.89. The van der Waals surface area contributed by atoms with Crippen LogP contribution in [0.1, 0.15) is 35.9 Å². The number of thioether (sulfide) groups is 1. The average molecular weight is 443 g/mol. The predicted molar refractivity (Wildman–Crippen MR) is 132 cm³/mol. The van der Waals surface area contributed by atoms with Gasteiger partial charge in [-0.05, 0) is 66.1 Å². The van der Waals surface area contributed by atoms with Gasteiger partial charge in [-0.15, -0.1) is 11.8 Å². The van der Waals surface area contributed by atoms with E-state index in [9.17, 15) is 4.79 Å². The highest BCUT2D eigenvalue weighted by Gasteiger charge is 2.36. The summed E-state index contributed by atoms with van der Waals surface area (Å²) >= 11 is 1.72. The lowest BCUT2D eigenvalue weighted by molar-refractivity contribution is -0.116. The Balaban J connectivity index is 1.56. The molecule has 1 heterocycles. The Morgan fingerprint density at radius 1 is 0.875 bits per heavy atom. The zero-order valence-corrected chi connectivity index (χ0v) is 19.0. The number of ketones is 1. The second-order valence-electron chi connectivity index (χ2n) is 8.21. The summed E-state index contributed by atoms with van der Waals surface area (Å²) in [5, 5.41) is 7.25. The van der Waals surface area contributed by atoms with Crippen molar-refractivity contribution in [3.05, 3.63) is 95.2 Å². The predicted octanol–water partition coefficient (Wildman–Crippen LogP) is 6.40. The lowest BCUT2D eigenvalue weighted by Gasteiger charge is -2.30. The van der Waals surface area contributed by atoms with Crippen LogP contribution in [0.4, 0.5) is 11.4 Å². The molecule has 2 N–H and O–H groups in total. The molecule has 0 bridgehead atoms. The summed E-state index contributed by atoms with van der Waals surface area (Å²) in [4.78, 5) is 14.8. The van der Waals surface area contributed by atoms with Crippen LogP contribution in [-0.4, -0.2) is 19.1 Å². The molecule has 1 aliphatic heterocycles. The standard InChI is InChI=1S/C27H26N2O2S/c1-31-20-11-7-17(8-12-20)19-15-24-26(25(30)16-19)27(18-9-13-21(32-2)14-10-18)29-23-6-4-3-5-22(23)28-24/h3-14,19,27-29H,15-16H2,1-2H3. The van der Waals surface area contributed by atoms with Crippen molar-refractivity contribution in [1.29, 1.82) is 0 Å². The van der Waals surface area contributed by atoms with E-state index < -0.39 is 0 Å². The fourth-order valence-electron chi connectivity index (χ4n) is 4.65. The first-order chi connectivity index (χ1) is 15.7. The number of ether oxygens (including phenoxy) is 1. The number of hydrogen-bond acceptors (Lipinski definition) is 5. The fraction of sp³-hybridized carbons (Fsp3) is 0.222. The highest BCUT2D eigenvalue weighted by molar-refractivity contribution is 7.98. The van der Waals surface area contributed by atoms with Crippen LogP contribution in [0.5, 0.6) is 5.75 Å². The monoisotopic (exact) mass is 442 g/mol. The maximum Gasteiger partial charge on any atom is 0.163 e. The van der Waals surface area contributed by atoms with Gasteiger partial charge in [-0.2, -0.15) is 0 Å². The zero-order valence-electron chi connectivity index (χ0n) is 18.2. The zero-order chi connectivity index (χ0) is 22.1. The normalized spacial score (nSPS) is 19.9. The van der Waals surface area contributed by atoms with Crippen LogP contribution in [-0.2, 0) is 4.79 Å². The smallest absolute Gasteiger partial charge is 0.163 e. The van der Waals surface area contributed by atoms with Gasteiger partial charge in [-0.25, -0.2) is 0 Å². The number of allylic oxidation sites excluding steroid dienone is 1. The first-order valence-electron chi connectivity index (χ1n) is 10.8. The molecule has 3 aromatic carbocycles. The van der Waals surface area contributed by atoms with Crippen LogP contribution in [0.3, 0.4) is 0 Å². The number of para-hydroxylation sites is 2. The van der Waals surface area contributed by atoms with Gasteiger partial charge in [0.15, 0.2) is 5.78 Å². The van der Waals surface area contributed by atoms with Crippen molar-refractivity contribution in [3.8, 4) is 5.75 Å². The van der Waals surface area contributed by atoms with Gasteiger partial charge in [0.1, 0.15) is 5.75 Å². The van der Waals surface area contributed by atoms with E-state index in [0.29, 0.717) is 6.42 Å². The topological polar surface area (TPSA) is 50.4 Å². The number of carbonyl (C=O) groups excluding carboxylic acids is 1. The molecular formula is C27H26N2O2S. The third-order valence-electron chi connectivity index (χ3n) is 6.35. The summed E-state index contributed by atoms with van der Waals surface area (Å²) in [6.45, 7) is 0. The van der Waals surface area contributed by atoms with E-state index >= 15 is 0 Å². The van der Waals surface area contributed by atoms with E-state index in [1.165, 1.54) is 10.5 Å². The van der Waals surface area contributed by atoms with Crippen molar-refractivity contribution >= 4 is 28.9 Å². The SMILES string of the molecule is COc1ccc(C2CC(=O)C3=C(C2)Nc2ccccc2NC3c2ccc(SC)cc2)cc1. The molecule has 32 heavy (non-hydrogen) atoms. The number of Topliss-reactive ketones (excluding diaryl/α,β-unsaturated/α-hetero) is 1. The molecule has 3 aromatic rings. The second kappa shape index (κ2) is 8.75. The molecule has 2 aliphatic rings. The molecule has 0 amide bonds. The minimum atomic E-state index is -0.179. The van der Waals surface area contributed by atoms with Crippen molar-refractivity contribution in [2.75, 3.05) is 24.0 Å². The number of rotatable bonds is 4. The molecule has 2 atom stereocenters. The molecule has 0 radical (unpaired) electrons. The van der Waals surface area contributed by atoms with Crippen LogP contribution in [0, 0.1) is 0 Å². The minimum Gasteiger partial charge on any atom is -0.497 e. The molecule has 0 spiro atoms. The highest BCUT2D eigenvalue weighted by Crippen LogP contribution is 2.44. The fourth-order valence-corrected chi connectivity index (χ4v) is 5.06. The molecule has 162 valence electrons. The summed E-state index contributed by atoms with van der Waals surface area (Å²) in [5.74, 6) is 1.17. The molecule has 5 rings (SSSR count). The second-order valence-corrected chi connectivity index (χ2v) is 9.09. The number of fused-ring (bicyclic) bond motifs is 1. The number of anilines is 2. The van der Waals surface area contributed by atoms with Gasteiger partial charge < -0.3 is 15.4 Å². The Bertz CT molecular complexity index is 1170. The van der Waals surface area contributed by atoms with Crippen molar-refractivity contribution in [1.82, 2.24) is 0 Å². The Hall–Kier alpha value is -3.18. The Labute approximate surface area is 193 Å². The number of carbonyl (C=O) groups is 1. The molecular weight excluding hydrogens is 416 g/mol. The molecule has 0 saturated carbocycles. The van der Waals surface area contributed by atoms with Crippen molar-refractivity contribution in [2.24, 2.45) is 0 Å². The summed E-state index contributed by atoms with van der Waals surface area (Å²) in [6.07, 6.45) is 3.37. The molecule has 0 aromatic heterocycles. The van der Waals surface area contributed by atoms with Gasteiger partial charge >= 0.3 is 0 Å². The number of benzene rings is 3. The van der Waals surface area contributed by atoms with Crippen LogP contribution >= 0.6 is 11.8 Å². The van der Waals surface area contributed by atoms with Gasteiger partial charge in [0.25, 0.3) is 0 Å². The minimum absolute atomic E-state index is 0.143. The Morgan fingerprint density at radius 3 is 2.25 bits per heavy atom. The van der Waals surface area contributed by atoms with Gasteiger partial charge in [0, 0.05) is 22.6 Å². The van der Waals surface area contributed by atoms with Crippen LogP contribution < -0.4 is 15.4 Å². The van der Waals surface area contributed by atoms with Gasteiger partial charge in [-0.3, -0.25) is 4.79 Å². The van der Waals surface area contributed by atoms with Crippen LogP contribution in [0.25, 0.3) is 0 Å². The van der Waals surface area contributed by atoms with E-state index in [1.54, 1.807) is 18.9 Å².